The van der Waals surface area contributed by atoms with Gasteiger partial charge in [-0.1, -0.05) is 28.1 Å². The van der Waals surface area contributed by atoms with Crippen molar-refractivity contribution >= 4 is 27.8 Å². The van der Waals surface area contributed by atoms with Gasteiger partial charge in [0.2, 0.25) is 0 Å². The number of ether oxygens (including phenoxy) is 1. The van der Waals surface area contributed by atoms with Gasteiger partial charge in [0.1, 0.15) is 5.75 Å². The number of benzene rings is 2. The Hall–Kier alpha value is -2.14. The van der Waals surface area contributed by atoms with Crippen LogP contribution >= 0.6 is 15.9 Å². The van der Waals surface area contributed by atoms with Gasteiger partial charge in [-0.2, -0.15) is 0 Å². The molecule has 0 aliphatic heterocycles. The van der Waals surface area contributed by atoms with Gasteiger partial charge in [-0.15, -0.1) is 0 Å². The summed E-state index contributed by atoms with van der Waals surface area (Å²) >= 11 is 3.31. The molecule has 0 heterocycles. The number of amides is 1. The summed E-state index contributed by atoms with van der Waals surface area (Å²) in [5.74, 6) is -0.0678. The molecule has 0 fully saturated rings. The third kappa shape index (κ3) is 5.00. The van der Waals surface area contributed by atoms with Gasteiger partial charge >= 0.3 is 5.97 Å². The number of rotatable bonds is 5. The van der Waals surface area contributed by atoms with E-state index in [2.05, 4.69) is 21.2 Å². The molecular weight excluding hydrogens is 346 g/mol. The molecule has 0 saturated carbocycles. The highest BCUT2D eigenvalue weighted by Gasteiger charge is 2.08. The van der Waals surface area contributed by atoms with E-state index in [0.717, 1.165) is 10.0 Å². The first-order valence-electron chi connectivity index (χ1n) is 6.86. The summed E-state index contributed by atoms with van der Waals surface area (Å²) in [5.41, 5.74) is 1.57. The summed E-state index contributed by atoms with van der Waals surface area (Å²) in [5, 5.41) is 2.69. The van der Waals surface area contributed by atoms with Crippen LogP contribution in [-0.2, 0) is 4.79 Å². The average Bonchev–Trinajstić information content (AvgIpc) is 2.47. The number of aryl methyl sites for hydroxylation is 1. The van der Waals surface area contributed by atoms with Crippen LogP contribution in [0.25, 0.3) is 0 Å². The number of hydrogen-bond acceptors (Lipinski definition) is 3. The largest absolute Gasteiger partial charge is 0.426 e. The van der Waals surface area contributed by atoms with E-state index >= 15 is 0 Å². The third-order valence-corrected chi connectivity index (χ3v) is 3.47. The van der Waals surface area contributed by atoms with E-state index in [1.807, 2.05) is 19.1 Å². The van der Waals surface area contributed by atoms with Gasteiger partial charge in [-0.25, -0.2) is 0 Å². The first-order valence-corrected chi connectivity index (χ1v) is 7.65. The predicted molar refractivity (Wildman–Crippen MR) is 87.9 cm³/mol. The van der Waals surface area contributed by atoms with E-state index < -0.39 is 0 Å². The van der Waals surface area contributed by atoms with Crippen LogP contribution in [-0.4, -0.2) is 18.4 Å². The summed E-state index contributed by atoms with van der Waals surface area (Å²) in [6, 6.07) is 14.3. The standard InChI is InChI=1S/C17H16BrNO3/c1-12-3-2-4-15(11-12)22-16(20)9-10-19-17(21)13-5-7-14(18)8-6-13/h2-8,11H,9-10H2,1H3,(H,19,21). The summed E-state index contributed by atoms with van der Waals surface area (Å²) in [6.45, 7) is 2.16. The lowest BCUT2D eigenvalue weighted by Gasteiger charge is -2.07. The van der Waals surface area contributed by atoms with E-state index in [4.69, 9.17) is 4.74 Å². The molecule has 0 aliphatic carbocycles. The average molecular weight is 362 g/mol. The molecular formula is C17H16BrNO3. The number of esters is 1. The Bertz CT molecular complexity index is 668. The molecule has 114 valence electrons. The molecule has 0 unspecified atom stereocenters. The number of nitrogens with one attached hydrogen (secondary N) is 1. The second-order valence-corrected chi connectivity index (χ2v) is 5.72. The van der Waals surface area contributed by atoms with Crippen LogP contribution in [0.1, 0.15) is 22.3 Å². The van der Waals surface area contributed by atoms with Crippen molar-refractivity contribution in [2.24, 2.45) is 0 Å². The maximum atomic E-state index is 11.9. The minimum atomic E-state index is -0.373. The maximum absolute atomic E-state index is 11.9. The predicted octanol–water partition coefficient (Wildman–Crippen LogP) is 3.48. The fourth-order valence-corrected chi connectivity index (χ4v) is 2.11. The monoisotopic (exact) mass is 361 g/mol. The lowest BCUT2D eigenvalue weighted by Crippen LogP contribution is -2.27. The molecule has 0 spiro atoms. The molecule has 0 bridgehead atoms. The number of carbonyl (C=O) groups excluding carboxylic acids is 2. The zero-order chi connectivity index (χ0) is 15.9. The molecule has 5 heteroatoms. The van der Waals surface area contributed by atoms with Crippen LogP contribution in [0, 0.1) is 6.92 Å². The van der Waals surface area contributed by atoms with Crippen molar-refractivity contribution in [3.8, 4) is 5.75 Å². The summed E-state index contributed by atoms with van der Waals surface area (Å²) in [7, 11) is 0. The second kappa shape index (κ2) is 7.75. The normalized spacial score (nSPS) is 10.1. The molecule has 22 heavy (non-hydrogen) atoms. The molecule has 2 aromatic rings. The minimum absolute atomic E-state index is 0.121. The van der Waals surface area contributed by atoms with Crippen molar-refractivity contribution in [2.75, 3.05) is 6.54 Å². The lowest BCUT2D eigenvalue weighted by atomic mass is 10.2. The zero-order valence-electron chi connectivity index (χ0n) is 12.1. The highest BCUT2D eigenvalue weighted by atomic mass is 79.9. The van der Waals surface area contributed by atoms with Crippen LogP contribution in [0.2, 0.25) is 0 Å². The zero-order valence-corrected chi connectivity index (χ0v) is 13.7. The Morgan fingerprint density at radius 3 is 2.55 bits per heavy atom. The molecule has 1 amide bonds. The SMILES string of the molecule is Cc1cccc(OC(=O)CCNC(=O)c2ccc(Br)cc2)c1. The van der Waals surface area contributed by atoms with Crippen LogP contribution in [0.15, 0.2) is 53.0 Å². The topological polar surface area (TPSA) is 55.4 Å². The van der Waals surface area contributed by atoms with Crippen LogP contribution < -0.4 is 10.1 Å². The van der Waals surface area contributed by atoms with Crippen molar-refractivity contribution in [3.05, 3.63) is 64.1 Å². The number of halogens is 1. The highest BCUT2D eigenvalue weighted by Crippen LogP contribution is 2.13. The highest BCUT2D eigenvalue weighted by molar-refractivity contribution is 9.10. The van der Waals surface area contributed by atoms with Crippen molar-refractivity contribution in [1.29, 1.82) is 0 Å². The smallest absolute Gasteiger partial charge is 0.312 e. The van der Waals surface area contributed by atoms with Gasteiger partial charge in [0.25, 0.3) is 5.91 Å². The molecule has 0 atom stereocenters. The molecule has 0 aromatic heterocycles. The Morgan fingerprint density at radius 1 is 1.14 bits per heavy atom. The Labute approximate surface area is 137 Å². The number of carbonyl (C=O) groups is 2. The molecule has 2 aromatic carbocycles. The number of hydrogen-bond donors (Lipinski definition) is 1. The Kier molecular flexibility index (Phi) is 5.72. The van der Waals surface area contributed by atoms with Crippen molar-refractivity contribution in [2.45, 2.75) is 13.3 Å². The summed E-state index contributed by atoms with van der Waals surface area (Å²) in [4.78, 5) is 23.6. The fourth-order valence-electron chi connectivity index (χ4n) is 1.84. The molecule has 0 radical (unpaired) electrons. The van der Waals surface area contributed by atoms with Gasteiger partial charge in [0, 0.05) is 16.6 Å². The van der Waals surface area contributed by atoms with E-state index in [1.54, 1.807) is 36.4 Å². The van der Waals surface area contributed by atoms with Gasteiger partial charge in [0.15, 0.2) is 0 Å². The molecule has 0 aliphatic rings. The van der Waals surface area contributed by atoms with Crippen LogP contribution in [0.5, 0.6) is 5.75 Å². The molecule has 1 N–H and O–H groups in total. The molecule has 4 nitrogen and oxygen atoms in total. The Morgan fingerprint density at radius 2 is 1.86 bits per heavy atom. The maximum Gasteiger partial charge on any atom is 0.312 e. The summed E-state index contributed by atoms with van der Waals surface area (Å²) < 4.78 is 6.11. The van der Waals surface area contributed by atoms with Crippen molar-refractivity contribution in [1.82, 2.24) is 5.32 Å². The van der Waals surface area contributed by atoms with Crippen molar-refractivity contribution < 1.29 is 14.3 Å². The Balaban J connectivity index is 1.77. The quantitative estimate of drug-likeness (QED) is 0.655. The second-order valence-electron chi connectivity index (χ2n) is 4.80. The fraction of sp³-hybridized carbons (Fsp3) is 0.176. The van der Waals surface area contributed by atoms with Gasteiger partial charge in [-0.05, 0) is 48.9 Å². The van der Waals surface area contributed by atoms with Gasteiger partial charge in [0.05, 0.1) is 6.42 Å². The van der Waals surface area contributed by atoms with E-state index in [9.17, 15) is 9.59 Å². The van der Waals surface area contributed by atoms with Crippen molar-refractivity contribution in [3.63, 3.8) is 0 Å². The lowest BCUT2D eigenvalue weighted by molar-refractivity contribution is -0.134. The first kappa shape index (κ1) is 16.2. The molecule has 0 saturated heterocycles. The summed E-state index contributed by atoms with van der Waals surface area (Å²) in [6.07, 6.45) is 0.121. The van der Waals surface area contributed by atoms with E-state index in [1.165, 1.54) is 0 Å². The van der Waals surface area contributed by atoms with Gasteiger partial charge in [-0.3, -0.25) is 9.59 Å². The molecule has 2 rings (SSSR count). The van der Waals surface area contributed by atoms with E-state index in [-0.39, 0.29) is 24.8 Å². The van der Waals surface area contributed by atoms with Crippen LogP contribution in [0.3, 0.4) is 0 Å². The minimum Gasteiger partial charge on any atom is -0.426 e. The van der Waals surface area contributed by atoms with Crippen LogP contribution in [0.4, 0.5) is 0 Å². The third-order valence-electron chi connectivity index (χ3n) is 2.94. The van der Waals surface area contributed by atoms with Gasteiger partial charge < -0.3 is 10.1 Å². The first-order chi connectivity index (χ1) is 10.5. The van der Waals surface area contributed by atoms with E-state index in [0.29, 0.717) is 11.3 Å².